The number of rotatable bonds is 4. The van der Waals surface area contributed by atoms with E-state index in [4.69, 9.17) is 26.7 Å². The zero-order chi connectivity index (χ0) is 25.0. The molecule has 4 rings (SSSR count). The van der Waals surface area contributed by atoms with Gasteiger partial charge in [0.2, 0.25) is 0 Å². The van der Waals surface area contributed by atoms with E-state index >= 15 is 0 Å². The molecule has 0 fully saturated rings. The van der Waals surface area contributed by atoms with Crippen molar-refractivity contribution in [1.82, 2.24) is 19.1 Å². The second-order valence-corrected chi connectivity index (χ2v) is 7.33. The predicted molar refractivity (Wildman–Crippen MR) is 117 cm³/mol. The van der Waals surface area contributed by atoms with Crippen molar-refractivity contribution in [2.75, 3.05) is 18.9 Å². The minimum Gasteiger partial charge on any atom is -0.393 e. The van der Waals surface area contributed by atoms with Gasteiger partial charge in [-0.2, -0.15) is 4.98 Å². The number of ether oxygens (including phenoxy) is 2. The van der Waals surface area contributed by atoms with E-state index in [1.54, 1.807) is 25.2 Å². The lowest BCUT2D eigenvalue weighted by Crippen LogP contribution is -2.36. The molecule has 2 aliphatic heterocycles. The molecule has 0 radical (unpaired) electrons. The Balaban J connectivity index is 0.000000192. The first kappa shape index (κ1) is 24.8. The number of nitrogens with one attached hydrogen (secondary N) is 1. The van der Waals surface area contributed by atoms with Crippen molar-refractivity contribution < 1.29 is 24.1 Å². The summed E-state index contributed by atoms with van der Waals surface area (Å²) < 4.78 is 26.0. The van der Waals surface area contributed by atoms with Gasteiger partial charge in [-0.1, -0.05) is 12.0 Å². The lowest BCUT2D eigenvalue weighted by molar-refractivity contribution is -0.0503. The minimum absolute atomic E-state index is 0.202. The molecular formula is C21H22FN5O7. The molecule has 0 aromatic carbocycles. The fraction of sp³-hybridized carbons (Fsp3) is 0.333. The van der Waals surface area contributed by atoms with Gasteiger partial charge in [0, 0.05) is 11.8 Å². The van der Waals surface area contributed by atoms with Gasteiger partial charge in [-0.15, -0.1) is 6.42 Å². The van der Waals surface area contributed by atoms with E-state index in [1.165, 1.54) is 16.8 Å². The van der Waals surface area contributed by atoms with Crippen LogP contribution in [0.25, 0.3) is 0 Å². The summed E-state index contributed by atoms with van der Waals surface area (Å²) >= 11 is 0. The Bertz CT molecular complexity index is 1340. The highest BCUT2D eigenvalue weighted by atomic mass is 19.1. The largest absolute Gasteiger partial charge is 0.393 e. The van der Waals surface area contributed by atoms with Crippen molar-refractivity contribution in [3.63, 3.8) is 0 Å². The van der Waals surface area contributed by atoms with Crippen LogP contribution in [-0.2, 0) is 9.47 Å². The number of nitrogen functional groups attached to an aromatic ring is 1. The van der Waals surface area contributed by atoms with Gasteiger partial charge in [0.1, 0.15) is 6.10 Å². The fourth-order valence-electron chi connectivity index (χ4n) is 3.07. The van der Waals surface area contributed by atoms with Crippen LogP contribution in [0.1, 0.15) is 18.0 Å². The number of aliphatic hydroxyl groups excluding tert-OH is 2. The lowest BCUT2D eigenvalue weighted by Gasteiger charge is -2.21. The third-order valence-electron chi connectivity index (χ3n) is 4.95. The molecule has 4 heterocycles. The molecule has 2 aliphatic rings. The van der Waals surface area contributed by atoms with Crippen LogP contribution < -0.4 is 22.7 Å². The summed E-state index contributed by atoms with van der Waals surface area (Å²) in [5.41, 5.74) is 2.58. The molecule has 2 aromatic rings. The van der Waals surface area contributed by atoms with Gasteiger partial charge in [-0.25, -0.2) is 14.0 Å². The molecule has 0 spiro atoms. The van der Waals surface area contributed by atoms with Crippen molar-refractivity contribution >= 4 is 5.82 Å². The molecule has 0 aliphatic carbocycles. The first-order valence-corrected chi connectivity index (χ1v) is 9.89. The summed E-state index contributed by atoms with van der Waals surface area (Å²) in [6.07, 6.45) is 11.8. The normalized spacial score (nSPS) is 25.1. The van der Waals surface area contributed by atoms with Gasteiger partial charge in [-0.05, 0) is 25.2 Å². The van der Waals surface area contributed by atoms with E-state index in [-0.39, 0.29) is 13.2 Å². The van der Waals surface area contributed by atoms with E-state index in [9.17, 15) is 23.9 Å². The summed E-state index contributed by atoms with van der Waals surface area (Å²) in [5.74, 6) is 1.10. The van der Waals surface area contributed by atoms with Gasteiger partial charge < -0.3 is 25.4 Å². The zero-order valence-electron chi connectivity index (χ0n) is 17.9. The fourth-order valence-corrected chi connectivity index (χ4v) is 3.07. The number of terminal acetylenes is 1. The Morgan fingerprint density at radius 3 is 2.56 bits per heavy atom. The Kier molecular flexibility index (Phi) is 7.28. The van der Waals surface area contributed by atoms with E-state index in [0.29, 0.717) is 5.56 Å². The molecule has 0 bridgehead atoms. The van der Waals surface area contributed by atoms with Crippen LogP contribution in [0, 0.1) is 25.1 Å². The number of halogens is 1. The number of aromatic amines is 1. The van der Waals surface area contributed by atoms with Gasteiger partial charge in [0.15, 0.2) is 29.7 Å². The Hall–Kier alpha value is -3.83. The summed E-state index contributed by atoms with van der Waals surface area (Å²) in [7, 11) is 0. The molecule has 0 unspecified atom stereocenters. The average molecular weight is 475 g/mol. The number of aryl methyl sites for hydroxylation is 1. The quantitative estimate of drug-likeness (QED) is 0.310. The van der Waals surface area contributed by atoms with Crippen molar-refractivity contribution in [2.24, 2.45) is 0 Å². The summed E-state index contributed by atoms with van der Waals surface area (Å²) in [6, 6.07) is 0. The van der Waals surface area contributed by atoms with E-state index in [2.05, 4.69) is 15.9 Å². The second kappa shape index (κ2) is 9.98. The predicted octanol–water partition coefficient (Wildman–Crippen LogP) is -1.30. The number of hydrogen-bond donors (Lipinski definition) is 4. The monoisotopic (exact) mass is 475 g/mol. The summed E-state index contributed by atoms with van der Waals surface area (Å²) in [5, 5.41) is 18.0. The maximum absolute atomic E-state index is 13.1. The van der Waals surface area contributed by atoms with Crippen molar-refractivity contribution in [3.05, 3.63) is 79.4 Å². The Morgan fingerprint density at radius 2 is 1.97 bits per heavy atom. The van der Waals surface area contributed by atoms with Gasteiger partial charge in [-0.3, -0.25) is 18.9 Å². The standard InChI is InChI=1S/C12H12N2O4.C9H10FN3O3/c1-3-12(7-15)5-4-9(18-12)14-6-8(2)10(16)13-11(14)17;10-6-3-13(9(15)12-8(6)11)7-2-1-5(4-14)16-7/h1,4-6,9,15H,7H2,2H3,(H,13,16,17);1-3,5,7,14H,4H2,(H2,11,12,15)/t9-,12+;5-,7+/m11/s1. The smallest absolute Gasteiger partial charge is 0.352 e. The van der Waals surface area contributed by atoms with Crippen LogP contribution in [0.5, 0.6) is 0 Å². The van der Waals surface area contributed by atoms with Gasteiger partial charge in [0.25, 0.3) is 5.56 Å². The number of aliphatic hydroxyl groups is 2. The maximum atomic E-state index is 13.1. The van der Waals surface area contributed by atoms with Crippen molar-refractivity contribution in [2.45, 2.75) is 31.1 Å². The molecule has 12 nitrogen and oxygen atoms in total. The number of H-pyrrole nitrogens is 1. The average Bonchev–Trinajstić information content (AvgIpc) is 3.47. The summed E-state index contributed by atoms with van der Waals surface area (Å²) in [4.78, 5) is 39.8. The van der Waals surface area contributed by atoms with Crippen molar-refractivity contribution in [3.8, 4) is 12.3 Å². The molecule has 0 amide bonds. The van der Waals surface area contributed by atoms with Crippen LogP contribution in [0.4, 0.5) is 10.2 Å². The van der Waals surface area contributed by atoms with Crippen LogP contribution >= 0.6 is 0 Å². The second-order valence-electron chi connectivity index (χ2n) is 7.33. The maximum Gasteiger partial charge on any atom is 0.352 e. The van der Waals surface area contributed by atoms with Crippen molar-refractivity contribution in [1.29, 1.82) is 0 Å². The highest BCUT2D eigenvalue weighted by Crippen LogP contribution is 2.28. The topological polar surface area (TPSA) is 175 Å². The molecule has 2 aromatic heterocycles. The lowest BCUT2D eigenvalue weighted by atomic mass is 10.1. The van der Waals surface area contributed by atoms with E-state index in [0.717, 1.165) is 10.8 Å². The third-order valence-corrected chi connectivity index (χ3v) is 4.95. The van der Waals surface area contributed by atoms with Crippen LogP contribution in [0.3, 0.4) is 0 Å². The third kappa shape index (κ3) is 5.05. The number of hydrogen-bond acceptors (Lipinski definition) is 9. The number of anilines is 1. The Labute approximate surface area is 191 Å². The first-order valence-electron chi connectivity index (χ1n) is 9.89. The number of nitrogens with zero attached hydrogens (tertiary/aromatic N) is 3. The molecule has 13 heteroatoms. The molecule has 34 heavy (non-hydrogen) atoms. The molecule has 180 valence electrons. The van der Waals surface area contributed by atoms with Crippen LogP contribution in [0.15, 0.2) is 51.1 Å². The molecular weight excluding hydrogens is 453 g/mol. The van der Waals surface area contributed by atoms with E-state index in [1.807, 2.05) is 0 Å². The molecule has 0 saturated carbocycles. The molecule has 4 atom stereocenters. The highest BCUT2D eigenvalue weighted by molar-refractivity contribution is 5.27. The van der Waals surface area contributed by atoms with E-state index < -0.39 is 52.7 Å². The van der Waals surface area contributed by atoms with Crippen LogP contribution in [0.2, 0.25) is 0 Å². The Morgan fingerprint density at radius 1 is 1.24 bits per heavy atom. The highest BCUT2D eigenvalue weighted by Gasteiger charge is 2.34. The minimum atomic E-state index is -1.21. The van der Waals surface area contributed by atoms with Gasteiger partial charge in [0.05, 0.1) is 19.4 Å². The zero-order valence-corrected chi connectivity index (χ0v) is 17.9. The first-order chi connectivity index (χ1) is 16.1. The molecule has 0 saturated heterocycles. The van der Waals surface area contributed by atoms with Gasteiger partial charge >= 0.3 is 11.4 Å². The number of aromatic nitrogens is 4. The summed E-state index contributed by atoms with van der Waals surface area (Å²) in [6.45, 7) is 0.994. The molecule has 5 N–H and O–H groups in total. The SMILES string of the molecule is C#C[C@@]1(CO)C=C[C@H](n2cc(C)c(=O)[nH]c2=O)O1.Nc1nc(=O)n([C@@H]2C=C[C@H](CO)O2)cc1F. The van der Waals surface area contributed by atoms with Crippen LogP contribution in [-0.4, -0.2) is 54.2 Å². The number of nitrogens with two attached hydrogens (primary N) is 1.